The zero-order chi connectivity index (χ0) is 38.4. The monoisotopic (exact) mass is 745 g/mol. The normalized spacial score (nSPS) is 17.7. The van der Waals surface area contributed by atoms with Gasteiger partial charge in [-0.15, -0.1) is 0 Å². The number of carbonyl (C=O) groups is 4. The number of Topliss-reactive ketones (excluding diaryl/α,β-unsaturated/α-hetero) is 2. The molecular formula is C44H68N6O4. The molecule has 2 saturated heterocycles. The van der Waals surface area contributed by atoms with Crippen LogP contribution in [0, 0.1) is 5.92 Å². The van der Waals surface area contributed by atoms with E-state index in [0.717, 1.165) is 90.4 Å². The predicted molar refractivity (Wildman–Crippen MR) is 217 cm³/mol. The van der Waals surface area contributed by atoms with Gasteiger partial charge in [0.1, 0.15) is 0 Å². The minimum Gasteiger partial charge on any atom is -0.345 e. The summed E-state index contributed by atoms with van der Waals surface area (Å²) in [6.07, 6.45) is 15.8. The molecule has 2 fully saturated rings. The number of likely N-dealkylation sites (tertiary alicyclic amines) is 2. The lowest BCUT2D eigenvalue weighted by Crippen LogP contribution is -2.46. The Bertz CT molecular complexity index is 1380. The lowest BCUT2D eigenvalue weighted by Gasteiger charge is -2.26. The number of nitrogens with two attached hydrogens (primary N) is 2. The van der Waals surface area contributed by atoms with Crippen molar-refractivity contribution in [3.8, 4) is 0 Å². The molecule has 0 bridgehead atoms. The highest BCUT2D eigenvalue weighted by atomic mass is 16.2. The van der Waals surface area contributed by atoms with Crippen LogP contribution < -0.4 is 22.1 Å². The molecule has 10 heteroatoms. The standard InChI is InChI=1S/C23H35N3O2.C21H33N3O2/c24-11-7-10-21(25-23(28)17-26-12-5-1-2-6-13-26)22(27)16-18-14-19-8-3-4-9-20(19)15-18;22-14-8-12-19(23-21(26)17-24-15-5-2-6-16-24)20(25)13-7-11-18-9-3-1-4-10-18/h3-4,8-9,18,21H,1-2,5-7,10-17,24H2,(H,25,28);1,3-4,9-10,19H,2,5-8,11-17,22H2,(H,23,26)/t21-;19-/m11/s1. The van der Waals surface area contributed by atoms with E-state index < -0.39 is 12.1 Å². The van der Waals surface area contributed by atoms with Crippen LogP contribution in [0.15, 0.2) is 54.6 Å². The fourth-order valence-electron chi connectivity index (χ4n) is 8.08. The van der Waals surface area contributed by atoms with Crippen LogP contribution in [0.2, 0.25) is 0 Å². The molecule has 2 amide bonds. The molecule has 0 saturated carbocycles. The van der Waals surface area contributed by atoms with E-state index in [-0.39, 0.29) is 23.4 Å². The molecule has 5 rings (SSSR count). The molecular weight excluding hydrogens is 677 g/mol. The minimum atomic E-state index is -0.397. The van der Waals surface area contributed by atoms with Crippen LogP contribution in [0.25, 0.3) is 0 Å². The Balaban J connectivity index is 0.000000241. The van der Waals surface area contributed by atoms with Crippen LogP contribution in [-0.4, -0.2) is 97.6 Å². The Morgan fingerprint density at radius 3 is 1.57 bits per heavy atom. The lowest BCUT2D eigenvalue weighted by atomic mass is 9.94. The van der Waals surface area contributed by atoms with Crippen molar-refractivity contribution in [2.24, 2.45) is 17.4 Å². The maximum atomic E-state index is 13.0. The van der Waals surface area contributed by atoms with Gasteiger partial charge in [-0.25, -0.2) is 0 Å². The van der Waals surface area contributed by atoms with E-state index in [1.165, 1.54) is 36.0 Å². The first kappa shape index (κ1) is 43.3. The van der Waals surface area contributed by atoms with E-state index >= 15 is 0 Å². The number of hydrogen-bond acceptors (Lipinski definition) is 8. The molecule has 2 aromatic carbocycles. The van der Waals surface area contributed by atoms with Gasteiger partial charge in [0, 0.05) is 12.8 Å². The summed E-state index contributed by atoms with van der Waals surface area (Å²) in [5, 5.41) is 5.99. The minimum absolute atomic E-state index is 0.0213. The Kier molecular flexibility index (Phi) is 19.9. The van der Waals surface area contributed by atoms with Crippen molar-refractivity contribution < 1.29 is 19.2 Å². The van der Waals surface area contributed by atoms with E-state index in [4.69, 9.17) is 11.5 Å². The number of ketones is 2. The van der Waals surface area contributed by atoms with Gasteiger partial charge in [0.25, 0.3) is 0 Å². The summed E-state index contributed by atoms with van der Waals surface area (Å²) in [5.41, 5.74) is 15.2. The van der Waals surface area contributed by atoms with Gasteiger partial charge in [-0.05, 0) is 139 Å². The van der Waals surface area contributed by atoms with Crippen LogP contribution >= 0.6 is 0 Å². The number of carbonyl (C=O) groups excluding carboxylic acids is 4. The number of piperidine rings is 1. The van der Waals surface area contributed by atoms with Gasteiger partial charge in [0.05, 0.1) is 25.2 Å². The van der Waals surface area contributed by atoms with Crippen LogP contribution in [0.3, 0.4) is 0 Å². The largest absolute Gasteiger partial charge is 0.345 e. The topological polar surface area (TPSA) is 151 Å². The molecule has 0 unspecified atom stereocenters. The number of amides is 2. The molecule has 298 valence electrons. The second-order valence-corrected chi connectivity index (χ2v) is 15.6. The molecule has 2 atom stereocenters. The second kappa shape index (κ2) is 24.9. The van der Waals surface area contributed by atoms with Crippen LogP contribution in [0.5, 0.6) is 0 Å². The van der Waals surface area contributed by atoms with Crippen molar-refractivity contribution in [1.29, 1.82) is 0 Å². The molecule has 10 nitrogen and oxygen atoms in total. The van der Waals surface area contributed by atoms with E-state index in [9.17, 15) is 19.2 Å². The molecule has 2 aliphatic heterocycles. The number of nitrogens with zero attached hydrogens (tertiary/aromatic N) is 2. The van der Waals surface area contributed by atoms with Crippen LogP contribution in [-0.2, 0) is 38.4 Å². The third-order valence-corrected chi connectivity index (χ3v) is 11.1. The van der Waals surface area contributed by atoms with Crippen LogP contribution in [0.1, 0.15) is 107 Å². The average molecular weight is 745 g/mol. The van der Waals surface area contributed by atoms with Gasteiger partial charge < -0.3 is 22.1 Å². The summed E-state index contributed by atoms with van der Waals surface area (Å²) in [5.74, 6) is 0.585. The van der Waals surface area contributed by atoms with Gasteiger partial charge in [-0.3, -0.25) is 29.0 Å². The number of aryl methyl sites for hydroxylation is 1. The fraction of sp³-hybridized carbons (Fsp3) is 0.636. The van der Waals surface area contributed by atoms with Crippen molar-refractivity contribution in [2.75, 3.05) is 52.4 Å². The first-order valence-electron chi connectivity index (χ1n) is 20.9. The van der Waals surface area contributed by atoms with Gasteiger partial charge in [0.2, 0.25) is 11.8 Å². The van der Waals surface area contributed by atoms with E-state index in [1.54, 1.807) is 0 Å². The van der Waals surface area contributed by atoms with E-state index in [1.807, 2.05) is 18.2 Å². The molecule has 3 aliphatic rings. The predicted octanol–water partition coefficient (Wildman–Crippen LogP) is 4.75. The average Bonchev–Trinajstić information content (AvgIpc) is 3.41. The number of benzene rings is 2. The Morgan fingerprint density at radius 1 is 0.611 bits per heavy atom. The maximum Gasteiger partial charge on any atom is 0.234 e. The zero-order valence-corrected chi connectivity index (χ0v) is 32.8. The summed E-state index contributed by atoms with van der Waals surface area (Å²) >= 11 is 0. The number of rotatable bonds is 20. The van der Waals surface area contributed by atoms with Crippen molar-refractivity contribution in [3.05, 3.63) is 71.3 Å². The molecule has 54 heavy (non-hydrogen) atoms. The SMILES string of the molecule is NCCC[C@@H](NC(=O)CN1CCCCC1)C(=O)CCCc1ccccc1.NCCC[C@@H](NC(=O)CN1CCCCCC1)C(=O)CC1Cc2ccccc2C1. The highest BCUT2D eigenvalue weighted by Gasteiger charge is 2.28. The van der Waals surface area contributed by atoms with Crippen molar-refractivity contribution in [1.82, 2.24) is 20.4 Å². The van der Waals surface area contributed by atoms with Gasteiger partial charge >= 0.3 is 0 Å². The molecule has 2 aromatic rings. The molecule has 0 spiro atoms. The Morgan fingerprint density at radius 2 is 1.07 bits per heavy atom. The highest BCUT2D eigenvalue weighted by Crippen LogP contribution is 2.29. The van der Waals surface area contributed by atoms with Crippen LogP contribution in [0.4, 0.5) is 0 Å². The summed E-state index contributed by atoms with van der Waals surface area (Å²) < 4.78 is 0. The maximum absolute atomic E-state index is 13.0. The van der Waals surface area contributed by atoms with Gasteiger partial charge in [0.15, 0.2) is 11.6 Å². The Labute approximate surface area is 324 Å². The summed E-state index contributed by atoms with van der Waals surface area (Å²) in [4.78, 5) is 54.9. The number of fused-ring (bicyclic) bond motifs is 1. The van der Waals surface area contributed by atoms with E-state index in [2.05, 4.69) is 56.8 Å². The fourth-order valence-corrected chi connectivity index (χ4v) is 8.08. The quantitative estimate of drug-likeness (QED) is 0.152. The zero-order valence-electron chi connectivity index (χ0n) is 32.8. The third-order valence-electron chi connectivity index (χ3n) is 11.1. The molecule has 0 aromatic heterocycles. The smallest absolute Gasteiger partial charge is 0.234 e. The van der Waals surface area contributed by atoms with Crippen molar-refractivity contribution in [3.63, 3.8) is 0 Å². The highest BCUT2D eigenvalue weighted by molar-refractivity contribution is 5.90. The first-order chi connectivity index (χ1) is 26.3. The molecule has 2 heterocycles. The summed E-state index contributed by atoms with van der Waals surface area (Å²) in [6, 6.07) is 17.8. The molecule has 1 aliphatic carbocycles. The Hall–Kier alpha value is -3.44. The third kappa shape index (κ3) is 16.1. The molecule has 0 radical (unpaired) electrons. The second-order valence-electron chi connectivity index (χ2n) is 15.6. The molecule has 6 N–H and O–H groups in total. The van der Waals surface area contributed by atoms with E-state index in [0.29, 0.717) is 57.8 Å². The number of nitrogens with one attached hydrogen (secondary N) is 2. The van der Waals surface area contributed by atoms with Crippen molar-refractivity contribution >= 4 is 23.4 Å². The summed E-state index contributed by atoms with van der Waals surface area (Å²) in [6.45, 7) is 5.80. The van der Waals surface area contributed by atoms with Gasteiger partial charge in [-0.2, -0.15) is 0 Å². The van der Waals surface area contributed by atoms with Gasteiger partial charge in [-0.1, -0.05) is 73.9 Å². The first-order valence-corrected chi connectivity index (χ1v) is 20.9. The number of hydrogen-bond donors (Lipinski definition) is 4. The summed E-state index contributed by atoms with van der Waals surface area (Å²) in [7, 11) is 0. The van der Waals surface area contributed by atoms with Crippen molar-refractivity contribution in [2.45, 2.75) is 121 Å². The lowest BCUT2D eigenvalue weighted by molar-refractivity contribution is -0.129.